The minimum atomic E-state index is -4.71. The molecule has 112 valence electrons. The second kappa shape index (κ2) is 6.03. The Morgan fingerprint density at radius 2 is 1.86 bits per heavy atom. The summed E-state index contributed by atoms with van der Waals surface area (Å²) < 4.78 is 53.3. The highest BCUT2D eigenvalue weighted by atomic mass is 19.4. The smallest absolute Gasteiger partial charge is 0.406 e. The zero-order chi connectivity index (χ0) is 15.5. The average Bonchev–Trinajstić information content (AvgIpc) is 2.36. The Balaban J connectivity index is 2.05. The van der Waals surface area contributed by atoms with Gasteiger partial charge in [-0.15, -0.1) is 13.2 Å². The molecule has 0 saturated carbocycles. The van der Waals surface area contributed by atoms with Crippen molar-refractivity contribution in [1.82, 2.24) is 0 Å². The fraction of sp³-hybridized carbons (Fsp3) is 0.200. The van der Waals surface area contributed by atoms with E-state index in [0.29, 0.717) is 12.1 Å². The Kier molecular flexibility index (Phi) is 4.35. The second-order valence-corrected chi connectivity index (χ2v) is 4.51. The molecule has 0 aliphatic rings. The van der Waals surface area contributed by atoms with Crippen molar-refractivity contribution >= 4 is 5.69 Å². The van der Waals surface area contributed by atoms with Gasteiger partial charge >= 0.3 is 6.36 Å². The van der Waals surface area contributed by atoms with Gasteiger partial charge in [-0.3, -0.25) is 0 Å². The molecule has 0 bridgehead atoms. The summed E-state index contributed by atoms with van der Waals surface area (Å²) >= 11 is 0. The summed E-state index contributed by atoms with van der Waals surface area (Å²) in [5.74, 6) is -0.601. The summed E-state index contributed by atoms with van der Waals surface area (Å²) in [4.78, 5) is 0. The fourth-order valence-electron chi connectivity index (χ4n) is 1.88. The molecule has 0 saturated heterocycles. The van der Waals surface area contributed by atoms with Crippen molar-refractivity contribution in [3.05, 3.63) is 59.4 Å². The SMILES string of the molecule is Cc1cc(F)ccc1NCc1cccc(OC(F)(F)F)c1. The first-order chi connectivity index (χ1) is 9.83. The van der Waals surface area contributed by atoms with E-state index in [1.165, 1.54) is 30.3 Å². The summed E-state index contributed by atoms with van der Waals surface area (Å²) in [6.45, 7) is 2.05. The third-order valence-corrected chi connectivity index (χ3v) is 2.80. The number of halogens is 4. The highest BCUT2D eigenvalue weighted by molar-refractivity contribution is 5.51. The number of hydrogen-bond donors (Lipinski definition) is 1. The molecule has 0 heterocycles. The van der Waals surface area contributed by atoms with Crippen LogP contribution in [0.3, 0.4) is 0 Å². The standard InChI is InChI=1S/C15H13F4NO/c1-10-7-12(16)5-6-14(10)20-9-11-3-2-4-13(8-11)21-15(17,18)19/h2-8,20H,9H2,1H3. The van der Waals surface area contributed by atoms with Gasteiger partial charge in [-0.2, -0.15) is 0 Å². The van der Waals surface area contributed by atoms with Gasteiger partial charge in [0.2, 0.25) is 0 Å². The molecule has 0 fully saturated rings. The third kappa shape index (κ3) is 4.66. The van der Waals surface area contributed by atoms with Crippen LogP contribution in [0.15, 0.2) is 42.5 Å². The molecule has 2 rings (SSSR count). The zero-order valence-corrected chi connectivity index (χ0v) is 11.2. The predicted octanol–water partition coefficient (Wildman–Crippen LogP) is 4.64. The monoisotopic (exact) mass is 299 g/mol. The van der Waals surface area contributed by atoms with Crippen molar-refractivity contribution in [2.45, 2.75) is 19.8 Å². The van der Waals surface area contributed by atoms with Gasteiger partial charge < -0.3 is 10.1 Å². The van der Waals surface area contributed by atoms with E-state index in [2.05, 4.69) is 10.1 Å². The first-order valence-electron chi connectivity index (χ1n) is 6.18. The molecule has 0 amide bonds. The lowest BCUT2D eigenvalue weighted by molar-refractivity contribution is -0.274. The topological polar surface area (TPSA) is 21.3 Å². The van der Waals surface area contributed by atoms with E-state index < -0.39 is 6.36 Å². The molecule has 0 aliphatic carbocycles. The lowest BCUT2D eigenvalue weighted by Crippen LogP contribution is -2.17. The maximum Gasteiger partial charge on any atom is 0.573 e. The molecule has 0 unspecified atom stereocenters. The molecule has 1 N–H and O–H groups in total. The first-order valence-corrected chi connectivity index (χ1v) is 6.18. The van der Waals surface area contributed by atoms with Crippen LogP contribution < -0.4 is 10.1 Å². The number of benzene rings is 2. The number of anilines is 1. The van der Waals surface area contributed by atoms with Gasteiger partial charge in [-0.1, -0.05) is 12.1 Å². The first kappa shape index (κ1) is 15.2. The van der Waals surface area contributed by atoms with Crippen LogP contribution in [-0.4, -0.2) is 6.36 Å². The summed E-state index contributed by atoms with van der Waals surface area (Å²) in [5.41, 5.74) is 2.07. The van der Waals surface area contributed by atoms with Gasteiger partial charge in [-0.05, 0) is 48.4 Å². The number of rotatable bonds is 4. The minimum absolute atomic E-state index is 0.266. The molecule has 6 heteroatoms. The molecule has 0 radical (unpaired) electrons. The second-order valence-electron chi connectivity index (χ2n) is 4.51. The molecular formula is C15H13F4NO. The Labute approximate surface area is 119 Å². The third-order valence-electron chi connectivity index (χ3n) is 2.80. The summed E-state index contributed by atoms with van der Waals surface area (Å²) in [6, 6.07) is 9.98. The summed E-state index contributed by atoms with van der Waals surface area (Å²) in [5, 5.41) is 3.04. The maximum absolute atomic E-state index is 13.0. The maximum atomic E-state index is 13.0. The Hall–Kier alpha value is -2.24. The summed E-state index contributed by atoms with van der Waals surface area (Å²) in [7, 11) is 0. The predicted molar refractivity (Wildman–Crippen MR) is 71.6 cm³/mol. The molecule has 2 aromatic carbocycles. The molecule has 0 aromatic heterocycles. The molecule has 21 heavy (non-hydrogen) atoms. The lowest BCUT2D eigenvalue weighted by atomic mass is 10.1. The van der Waals surface area contributed by atoms with E-state index in [1.807, 2.05) is 0 Å². The van der Waals surface area contributed by atoms with E-state index in [1.54, 1.807) is 19.1 Å². The molecule has 0 atom stereocenters. The van der Waals surface area contributed by atoms with Gasteiger partial charge in [0.25, 0.3) is 0 Å². The van der Waals surface area contributed by atoms with E-state index in [0.717, 1.165) is 11.3 Å². The highest BCUT2D eigenvalue weighted by Gasteiger charge is 2.31. The Morgan fingerprint density at radius 3 is 2.52 bits per heavy atom. The zero-order valence-electron chi connectivity index (χ0n) is 11.2. The normalized spacial score (nSPS) is 11.3. The van der Waals surface area contributed by atoms with Gasteiger partial charge in [0, 0.05) is 12.2 Å². The van der Waals surface area contributed by atoms with Crippen LogP contribution in [0, 0.1) is 12.7 Å². The average molecular weight is 299 g/mol. The van der Waals surface area contributed by atoms with Crippen LogP contribution in [0.25, 0.3) is 0 Å². The molecule has 2 aromatic rings. The molecular weight excluding hydrogens is 286 g/mol. The van der Waals surface area contributed by atoms with Crippen LogP contribution in [0.2, 0.25) is 0 Å². The van der Waals surface area contributed by atoms with Crippen LogP contribution in [-0.2, 0) is 6.54 Å². The molecule has 2 nitrogen and oxygen atoms in total. The number of hydrogen-bond acceptors (Lipinski definition) is 2. The van der Waals surface area contributed by atoms with Crippen LogP contribution >= 0.6 is 0 Å². The van der Waals surface area contributed by atoms with E-state index in [4.69, 9.17) is 0 Å². The molecule has 0 spiro atoms. The number of aryl methyl sites for hydroxylation is 1. The Bertz CT molecular complexity index is 625. The van der Waals surface area contributed by atoms with Crippen LogP contribution in [0.1, 0.15) is 11.1 Å². The lowest BCUT2D eigenvalue weighted by Gasteiger charge is -2.12. The van der Waals surface area contributed by atoms with Gasteiger partial charge in [0.1, 0.15) is 11.6 Å². The minimum Gasteiger partial charge on any atom is -0.406 e. The van der Waals surface area contributed by atoms with Crippen LogP contribution in [0.4, 0.5) is 23.2 Å². The quantitative estimate of drug-likeness (QED) is 0.830. The van der Waals surface area contributed by atoms with Crippen molar-refractivity contribution in [2.24, 2.45) is 0 Å². The summed E-state index contributed by atoms with van der Waals surface area (Å²) in [6.07, 6.45) is -4.71. The largest absolute Gasteiger partial charge is 0.573 e. The van der Waals surface area contributed by atoms with Gasteiger partial charge in [-0.25, -0.2) is 4.39 Å². The van der Waals surface area contributed by atoms with Crippen molar-refractivity contribution < 1.29 is 22.3 Å². The Morgan fingerprint density at radius 1 is 1.10 bits per heavy atom. The number of ether oxygens (including phenoxy) is 1. The van der Waals surface area contributed by atoms with Crippen molar-refractivity contribution in [2.75, 3.05) is 5.32 Å². The van der Waals surface area contributed by atoms with E-state index in [-0.39, 0.29) is 11.6 Å². The van der Waals surface area contributed by atoms with Crippen molar-refractivity contribution in [3.8, 4) is 5.75 Å². The van der Waals surface area contributed by atoms with Gasteiger partial charge in [0.15, 0.2) is 0 Å². The van der Waals surface area contributed by atoms with Gasteiger partial charge in [0.05, 0.1) is 0 Å². The van der Waals surface area contributed by atoms with E-state index in [9.17, 15) is 17.6 Å². The van der Waals surface area contributed by atoms with Crippen LogP contribution in [0.5, 0.6) is 5.75 Å². The number of alkyl halides is 3. The van der Waals surface area contributed by atoms with Crippen molar-refractivity contribution in [1.29, 1.82) is 0 Å². The number of nitrogens with one attached hydrogen (secondary N) is 1. The van der Waals surface area contributed by atoms with E-state index >= 15 is 0 Å². The fourth-order valence-corrected chi connectivity index (χ4v) is 1.88. The van der Waals surface area contributed by atoms with Crippen molar-refractivity contribution in [3.63, 3.8) is 0 Å². The molecule has 0 aliphatic heterocycles. The highest BCUT2D eigenvalue weighted by Crippen LogP contribution is 2.24.